The third kappa shape index (κ3) is 4.85. The Morgan fingerprint density at radius 1 is 1.47 bits per heavy atom. The van der Waals surface area contributed by atoms with E-state index in [0.29, 0.717) is 12.2 Å². The molecule has 1 aromatic rings. The predicted octanol–water partition coefficient (Wildman–Crippen LogP) is 1.72. The minimum Gasteiger partial charge on any atom is -0.480 e. The molecule has 0 aliphatic rings. The van der Waals surface area contributed by atoms with Crippen molar-refractivity contribution in [3.05, 3.63) is 21.9 Å². The number of amides is 1. The highest BCUT2D eigenvalue weighted by molar-refractivity contribution is 7.98. The number of hydrogen-bond donors (Lipinski definition) is 2. The van der Waals surface area contributed by atoms with Crippen molar-refractivity contribution in [3.63, 3.8) is 0 Å². The van der Waals surface area contributed by atoms with Crippen molar-refractivity contribution in [3.8, 4) is 0 Å². The van der Waals surface area contributed by atoms with E-state index in [-0.39, 0.29) is 15.9 Å². The molecule has 1 amide bonds. The second kappa shape index (κ2) is 7.52. The van der Waals surface area contributed by atoms with Crippen molar-refractivity contribution < 1.29 is 14.7 Å². The average molecular weight is 324 g/mol. The molecule has 0 saturated heterocycles. The Balaban J connectivity index is 2.81. The van der Waals surface area contributed by atoms with Crippen LogP contribution in [0.15, 0.2) is 6.07 Å². The Bertz CT molecular complexity index is 487. The minimum atomic E-state index is -1.10. The lowest BCUT2D eigenvalue weighted by Gasteiger charge is -2.14. The highest BCUT2D eigenvalue weighted by atomic mass is 35.5. The van der Waals surface area contributed by atoms with E-state index in [1.165, 1.54) is 17.8 Å². The molecule has 0 unspecified atom stereocenters. The lowest BCUT2D eigenvalue weighted by atomic mass is 10.2. The van der Waals surface area contributed by atoms with Crippen LogP contribution in [0.4, 0.5) is 0 Å². The number of aliphatic carboxylic acids is 1. The number of hydrogen-bond acceptors (Lipinski definition) is 5. The van der Waals surface area contributed by atoms with Gasteiger partial charge in [0.15, 0.2) is 10.3 Å². The van der Waals surface area contributed by atoms with Gasteiger partial charge in [-0.2, -0.15) is 11.8 Å². The molecule has 0 spiro atoms. The van der Waals surface area contributed by atoms with Gasteiger partial charge < -0.3 is 10.4 Å². The van der Waals surface area contributed by atoms with Crippen molar-refractivity contribution in [2.24, 2.45) is 0 Å². The number of carboxylic acid groups (broad SMARTS) is 1. The predicted molar refractivity (Wildman–Crippen MR) is 73.9 cm³/mol. The van der Waals surface area contributed by atoms with Crippen LogP contribution in [-0.2, 0) is 4.79 Å². The number of carbonyl (C=O) groups is 2. The first-order chi connectivity index (χ1) is 8.95. The van der Waals surface area contributed by atoms with Crippen LogP contribution in [0, 0.1) is 0 Å². The summed E-state index contributed by atoms with van der Waals surface area (Å²) in [5, 5.41) is 18.2. The number of halogens is 2. The van der Waals surface area contributed by atoms with E-state index in [4.69, 9.17) is 28.3 Å². The summed E-state index contributed by atoms with van der Waals surface area (Å²) in [6.45, 7) is 0. The van der Waals surface area contributed by atoms with Crippen molar-refractivity contribution in [1.82, 2.24) is 15.5 Å². The Kier molecular flexibility index (Phi) is 6.33. The number of nitrogens with zero attached hydrogens (tertiary/aromatic N) is 2. The van der Waals surface area contributed by atoms with Gasteiger partial charge in [0.1, 0.15) is 6.04 Å². The van der Waals surface area contributed by atoms with Crippen molar-refractivity contribution >= 4 is 46.8 Å². The van der Waals surface area contributed by atoms with Gasteiger partial charge in [-0.1, -0.05) is 23.2 Å². The highest BCUT2D eigenvalue weighted by Crippen LogP contribution is 2.15. The van der Waals surface area contributed by atoms with E-state index in [1.54, 1.807) is 0 Å². The monoisotopic (exact) mass is 323 g/mol. The third-order valence-corrected chi connectivity index (χ3v) is 3.29. The van der Waals surface area contributed by atoms with Gasteiger partial charge in [-0.25, -0.2) is 4.79 Å². The smallest absolute Gasteiger partial charge is 0.326 e. The number of rotatable bonds is 6. The van der Waals surface area contributed by atoms with Crippen LogP contribution in [0.5, 0.6) is 0 Å². The summed E-state index contributed by atoms with van der Waals surface area (Å²) < 4.78 is 0. The summed E-state index contributed by atoms with van der Waals surface area (Å²) in [5.74, 6) is -1.14. The molecular weight excluding hydrogens is 313 g/mol. The number of aromatic nitrogens is 2. The normalized spacial score (nSPS) is 11.9. The molecular formula is C10H11Cl2N3O3S. The van der Waals surface area contributed by atoms with E-state index in [1.807, 2.05) is 6.26 Å². The van der Waals surface area contributed by atoms with Crippen LogP contribution in [0.25, 0.3) is 0 Å². The van der Waals surface area contributed by atoms with Crippen LogP contribution in [0.3, 0.4) is 0 Å². The summed E-state index contributed by atoms with van der Waals surface area (Å²) in [6, 6.07) is 0.252. The number of carbonyl (C=O) groups excluding carboxylic acids is 1. The number of carboxylic acids is 1. The van der Waals surface area contributed by atoms with E-state index in [9.17, 15) is 9.59 Å². The maximum absolute atomic E-state index is 11.9. The largest absolute Gasteiger partial charge is 0.480 e. The Morgan fingerprint density at radius 3 is 2.74 bits per heavy atom. The summed E-state index contributed by atoms with van der Waals surface area (Å²) in [5.41, 5.74) is -0.00271. The van der Waals surface area contributed by atoms with Crippen molar-refractivity contribution in [1.29, 1.82) is 0 Å². The lowest BCUT2D eigenvalue weighted by molar-refractivity contribution is -0.139. The van der Waals surface area contributed by atoms with Crippen molar-refractivity contribution in [2.75, 3.05) is 12.0 Å². The fourth-order valence-electron chi connectivity index (χ4n) is 1.24. The molecule has 19 heavy (non-hydrogen) atoms. The van der Waals surface area contributed by atoms with E-state index in [2.05, 4.69) is 15.5 Å². The maximum atomic E-state index is 11.9. The van der Waals surface area contributed by atoms with Gasteiger partial charge in [0, 0.05) is 0 Å². The zero-order valence-electron chi connectivity index (χ0n) is 9.89. The molecule has 1 aromatic heterocycles. The van der Waals surface area contributed by atoms with Crippen LogP contribution >= 0.6 is 35.0 Å². The second-order valence-corrected chi connectivity index (χ2v) is 5.25. The summed E-state index contributed by atoms with van der Waals surface area (Å²) in [4.78, 5) is 22.9. The van der Waals surface area contributed by atoms with Gasteiger partial charge >= 0.3 is 5.97 Å². The molecule has 0 radical (unpaired) electrons. The highest BCUT2D eigenvalue weighted by Gasteiger charge is 2.22. The molecule has 104 valence electrons. The van der Waals surface area contributed by atoms with Gasteiger partial charge in [-0.05, 0) is 24.5 Å². The quantitative estimate of drug-likeness (QED) is 0.828. The van der Waals surface area contributed by atoms with E-state index >= 15 is 0 Å². The van der Waals surface area contributed by atoms with Crippen LogP contribution in [-0.4, -0.2) is 45.2 Å². The topological polar surface area (TPSA) is 92.2 Å². The molecule has 0 aromatic carbocycles. The molecule has 1 atom stereocenters. The minimum absolute atomic E-state index is 0.00271. The molecule has 6 nitrogen and oxygen atoms in total. The molecule has 1 rings (SSSR count). The lowest BCUT2D eigenvalue weighted by Crippen LogP contribution is -2.41. The fourth-order valence-corrected chi connectivity index (χ4v) is 2.04. The first kappa shape index (κ1) is 16.0. The molecule has 9 heteroatoms. The second-order valence-electron chi connectivity index (χ2n) is 3.52. The van der Waals surface area contributed by atoms with Gasteiger partial charge in [-0.15, -0.1) is 10.2 Å². The van der Waals surface area contributed by atoms with E-state index < -0.39 is 17.9 Å². The maximum Gasteiger partial charge on any atom is 0.326 e. The molecule has 0 aliphatic carbocycles. The summed E-state index contributed by atoms with van der Waals surface area (Å²) in [6.07, 6.45) is 2.16. The van der Waals surface area contributed by atoms with Gasteiger partial charge in [-0.3, -0.25) is 4.79 Å². The summed E-state index contributed by atoms with van der Waals surface area (Å²) in [7, 11) is 0. The van der Waals surface area contributed by atoms with E-state index in [0.717, 1.165) is 0 Å². The molecule has 0 aliphatic heterocycles. The van der Waals surface area contributed by atoms with Gasteiger partial charge in [0.2, 0.25) is 0 Å². The number of thioether (sulfide) groups is 1. The first-order valence-electron chi connectivity index (χ1n) is 5.17. The van der Waals surface area contributed by atoms with Crippen molar-refractivity contribution in [2.45, 2.75) is 12.5 Å². The first-order valence-corrected chi connectivity index (χ1v) is 7.32. The standard InChI is InChI=1S/C10H11Cl2N3O3S/c1-19-3-2-6(10(17)18)13-9(16)5-4-7(11)14-15-8(5)12/h4,6H,2-3H2,1H3,(H,13,16)(H,17,18)/t6-/m0/s1. The average Bonchev–Trinajstić information content (AvgIpc) is 2.36. The molecule has 0 fully saturated rings. The number of nitrogens with one attached hydrogen (secondary N) is 1. The fraction of sp³-hybridized carbons (Fsp3) is 0.400. The van der Waals surface area contributed by atoms with Gasteiger partial charge in [0.25, 0.3) is 5.91 Å². The van der Waals surface area contributed by atoms with Crippen LogP contribution < -0.4 is 5.32 Å². The van der Waals surface area contributed by atoms with Crippen LogP contribution in [0.1, 0.15) is 16.8 Å². The Morgan fingerprint density at radius 2 is 2.16 bits per heavy atom. The Hall–Kier alpha value is -1.05. The molecule has 0 saturated carbocycles. The van der Waals surface area contributed by atoms with Gasteiger partial charge in [0.05, 0.1) is 5.56 Å². The summed E-state index contributed by atoms with van der Waals surface area (Å²) >= 11 is 12.8. The molecule has 1 heterocycles. The SMILES string of the molecule is CSCC[C@H](NC(=O)c1cc(Cl)nnc1Cl)C(=O)O. The zero-order chi connectivity index (χ0) is 14.4. The molecule has 2 N–H and O–H groups in total. The third-order valence-electron chi connectivity index (χ3n) is 2.18. The molecule has 0 bridgehead atoms. The zero-order valence-corrected chi connectivity index (χ0v) is 12.2. The Labute approximate surface area is 123 Å². The van der Waals surface area contributed by atoms with Crippen LogP contribution in [0.2, 0.25) is 10.3 Å².